The lowest BCUT2D eigenvalue weighted by atomic mass is 9.83. The van der Waals surface area contributed by atoms with E-state index in [0.29, 0.717) is 18.1 Å². The van der Waals surface area contributed by atoms with E-state index in [-0.39, 0.29) is 10.8 Å². The molecule has 0 aromatic carbocycles. The molecule has 1 aliphatic rings. The van der Waals surface area contributed by atoms with E-state index in [0.717, 1.165) is 12.8 Å². The van der Waals surface area contributed by atoms with E-state index in [9.17, 15) is 4.79 Å². The van der Waals surface area contributed by atoms with Gasteiger partial charge in [0.1, 0.15) is 5.78 Å². The van der Waals surface area contributed by atoms with Gasteiger partial charge in [-0.1, -0.05) is 38.7 Å². The van der Waals surface area contributed by atoms with E-state index in [1.165, 1.54) is 5.57 Å². The third kappa shape index (κ3) is 5.08. The summed E-state index contributed by atoms with van der Waals surface area (Å²) >= 11 is 0. The maximum absolute atomic E-state index is 11.3. The van der Waals surface area contributed by atoms with Gasteiger partial charge >= 0.3 is 0 Å². The standard InChI is InChI=1S/C17H26O/c1-16(2,3)10-9-14(17(4,5)6)11-13-7-8-15(18)12-13/h11,13H,7-8,12H2,1-6H3/b14-11-. The average molecular weight is 246 g/mol. The van der Waals surface area contributed by atoms with Gasteiger partial charge in [0, 0.05) is 23.8 Å². The van der Waals surface area contributed by atoms with Crippen molar-refractivity contribution in [3.05, 3.63) is 11.6 Å². The minimum atomic E-state index is 0.0236. The largest absolute Gasteiger partial charge is 0.300 e. The van der Waals surface area contributed by atoms with Crippen molar-refractivity contribution in [3.8, 4) is 11.8 Å². The molecule has 1 aliphatic carbocycles. The fraction of sp³-hybridized carbons (Fsp3) is 0.706. The van der Waals surface area contributed by atoms with E-state index in [1.54, 1.807) is 0 Å². The molecule has 1 fully saturated rings. The van der Waals surface area contributed by atoms with Crippen molar-refractivity contribution in [3.63, 3.8) is 0 Å². The van der Waals surface area contributed by atoms with Gasteiger partial charge in [0.05, 0.1) is 0 Å². The van der Waals surface area contributed by atoms with Gasteiger partial charge in [-0.3, -0.25) is 4.79 Å². The van der Waals surface area contributed by atoms with Gasteiger partial charge in [-0.25, -0.2) is 0 Å². The molecule has 1 atom stereocenters. The summed E-state index contributed by atoms with van der Waals surface area (Å²) in [6, 6.07) is 0. The summed E-state index contributed by atoms with van der Waals surface area (Å²) in [7, 11) is 0. The van der Waals surface area contributed by atoms with Crippen molar-refractivity contribution in [2.24, 2.45) is 16.7 Å². The first kappa shape index (κ1) is 15.0. The molecule has 0 radical (unpaired) electrons. The van der Waals surface area contributed by atoms with Gasteiger partial charge in [0.15, 0.2) is 0 Å². The summed E-state index contributed by atoms with van der Waals surface area (Å²) in [4.78, 5) is 11.3. The van der Waals surface area contributed by atoms with Crippen LogP contribution in [0.25, 0.3) is 0 Å². The Kier molecular flexibility index (Phi) is 4.43. The Morgan fingerprint density at radius 2 is 1.83 bits per heavy atom. The highest BCUT2D eigenvalue weighted by Gasteiger charge is 2.23. The lowest BCUT2D eigenvalue weighted by Crippen LogP contribution is -2.11. The van der Waals surface area contributed by atoms with E-state index in [1.807, 2.05) is 0 Å². The monoisotopic (exact) mass is 246 g/mol. The number of rotatable bonds is 1. The van der Waals surface area contributed by atoms with Crippen molar-refractivity contribution in [2.45, 2.75) is 60.8 Å². The van der Waals surface area contributed by atoms with E-state index in [4.69, 9.17) is 0 Å². The SMILES string of the molecule is CC(C)(C)C#C/C(=C/C1CCC(=O)C1)C(C)(C)C. The lowest BCUT2D eigenvalue weighted by molar-refractivity contribution is -0.117. The van der Waals surface area contributed by atoms with Crippen molar-refractivity contribution >= 4 is 5.78 Å². The van der Waals surface area contributed by atoms with Crippen LogP contribution in [0.2, 0.25) is 0 Å². The minimum Gasteiger partial charge on any atom is -0.300 e. The molecule has 0 bridgehead atoms. The summed E-state index contributed by atoms with van der Waals surface area (Å²) in [5, 5.41) is 0. The molecule has 0 aliphatic heterocycles. The summed E-state index contributed by atoms with van der Waals surface area (Å²) in [5.74, 6) is 7.45. The predicted octanol–water partition coefficient (Wildman–Crippen LogP) is 4.38. The highest BCUT2D eigenvalue weighted by atomic mass is 16.1. The molecule has 0 heterocycles. The summed E-state index contributed by atoms with van der Waals surface area (Å²) in [5.41, 5.74) is 1.26. The van der Waals surface area contributed by atoms with E-state index >= 15 is 0 Å². The summed E-state index contributed by atoms with van der Waals surface area (Å²) in [6.45, 7) is 12.9. The molecule has 0 aromatic heterocycles. The predicted molar refractivity (Wildman–Crippen MR) is 77.1 cm³/mol. The Morgan fingerprint density at radius 1 is 1.22 bits per heavy atom. The number of carbonyl (C=O) groups excluding carboxylic acids is 1. The number of Topliss-reactive ketones (excluding diaryl/α,β-unsaturated/α-hetero) is 1. The van der Waals surface area contributed by atoms with E-state index in [2.05, 4.69) is 59.5 Å². The van der Waals surface area contributed by atoms with Gasteiger partial charge in [-0.2, -0.15) is 0 Å². The lowest BCUT2D eigenvalue weighted by Gasteiger charge is -2.20. The first-order valence-electron chi connectivity index (χ1n) is 6.85. The van der Waals surface area contributed by atoms with Gasteiger partial charge in [0.2, 0.25) is 0 Å². The van der Waals surface area contributed by atoms with Crippen molar-refractivity contribution < 1.29 is 4.79 Å². The number of ketones is 1. The van der Waals surface area contributed by atoms with Crippen molar-refractivity contribution in [1.82, 2.24) is 0 Å². The molecule has 1 rings (SSSR count). The van der Waals surface area contributed by atoms with Crippen molar-refractivity contribution in [1.29, 1.82) is 0 Å². The Balaban J connectivity index is 2.95. The molecule has 1 nitrogen and oxygen atoms in total. The summed E-state index contributed by atoms with van der Waals surface area (Å²) < 4.78 is 0. The Labute approximate surface area is 112 Å². The summed E-state index contributed by atoms with van der Waals surface area (Å²) in [6.07, 6.45) is 4.68. The molecular weight excluding hydrogens is 220 g/mol. The fourth-order valence-corrected chi connectivity index (χ4v) is 1.95. The molecule has 1 saturated carbocycles. The van der Waals surface area contributed by atoms with Crippen molar-refractivity contribution in [2.75, 3.05) is 0 Å². The number of hydrogen-bond acceptors (Lipinski definition) is 1. The van der Waals surface area contributed by atoms with Crippen LogP contribution >= 0.6 is 0 Å². The second-order valence-electron chi connectivity index (χ2n) is 7.37. The van der Waals surface area contributed by atoms with E-state index < -0.39 is 0 Å². The van der Waals surface area contributed by atoms with Gasteiger partial charge in [-0.15, -0.1) is 0 Å². The van der Waals surface area contributed by atoms with Crippen LogP contribution in [0.15, 0.2) is 11.6 Å². The maximum Gasteiger partial charge on any atom is 0.133 e. The molecule has 0 amide bonds. The second kappa shape index (κ2) is 5.31. The van der Waals surface area contributed by atoms with Crippen LogP contribution in [0.5, 0.6) is 0 Å². The first-order valence-corrected chi connectivity index (χ1v) is 6.85. The molecule has 1 unspecified atom stereocenters. The average Bonchev–Trinajstić information content (AvgIpc) is 2.55. The molecule has 0 saturated heterocycles. The topological polar surface area (TPSA) is 17.1 Å². The molecule has 0 N–H and O–H groups in total. The zero-order valence-electron chi connectivity index (χ0n) is 12.7. The first-order chi connectivity index (χ1) is 8.08. The smallest absolute Gasteiger partial charge is 0.133 e. The normalized spacial score (nSPS) is 21.8. The van der Waals surface area contributed by atoms with Crippen LogP contribution in [0.3, 0.4) is 0 Å². The van der Waals surface area contributed by atoms with Crippen LogP contribution in [0, 0.1) is 28.6 Å². The number of carbonyl (C=O) groups is 1. The number of hydrogen-bond donors (Lipinski definition) is 0. The molecule has 1 heteroatoms. The highest BCUT2D eigenvalue weighted by Crippen LogP contribution is 2.31. The van der Waals surface area contributed by atoms with Gasteiger partial charge in [-0.05, 0) is 38.5 Å². The van der Waals surface area contributed by atoms with Crippen LogP contribution in [-0.2, 0) is 4.79 Å². The molecule has 0 aromatic rings. The molecule has 0 spiro atoms. The highest BCUT2D eigenvalue weighted by molar-refractivity contribution is 5.81. The van der Waals surface area contributed by atoms with Crippen LogP contribution in [-0.4, -0.2) is 5.78 Å². The van der Waals surface area contributed by atoms with Gasteiger partial charge in [0.25, 0.3) is 0 Å². The molecule has 18 heavy (non-hydrogen) atoms. The Morgan fingerprint density at radius 3 is 2.22 bits per heavy atom. The Bertz CT molecular complexity index is 402. The fourth-order valence-electron chi connectivity index (χ4n) is 1.95. The third-order valence-corrected chi connectivity index (χ3v) is 3.07. The zero-order chi connectivity index (χ0) is 14.0. The minimum absolute atomic E-state index is 0.0236. The maximum atomic E-state index is 11.3. The quantitative estimate of drug-likeness (QED) is 0.628. The van der Waals surface area contributed by atoms with Crippen LogP contribution in [0.4, 0.5) is 0 Å². The molecular formula is C17H26O. The van der Waals surface area contributed by atoms with Crippen LogP contribution < -0.4 is 0 Å². The zero-order valence-corrected chi connectivity index (χ0v) is 12.7. The van der Waals surface area contributed by atoms with Gasteiger partial charge < -0.3 is 0 Å². The molecule has 100 valence electrons. The third-order valence-electron chi connectivity index (χ3n) is 3.07. The number of allylic oxidation sites excluding steroid dienone is 2. The Hall–Kier alpha value is -1.03. The second-order valence-corrected chi connectivity index (χ2v) is 7.37. The van der Waals surface area contributed by atoms with Crippen LogP contribution in [0.1, 0.15) is 60.8 Å².